The highest BCUT2D eigenvalue weighted by atomic mass is 16.5. The highest BCUT2D eigenvalue weighted by Gasteiger charge is 2.00. The summed E-state index contributed by atoms with van der Waals surface area (Å²) in [7, 11) is 0. The van der Waals surface area contributed by atoms with Crippen LogP contribution in [0.4, 0.5) is 5.69 Å². The zero-order valence-electron chi connectivity index (χ0n) is 13.8. The molecule has 2 N–H and O–H groups in total. The van der Waals surface area contributed by atoms with Crippen molar-refractivity contribution in [3.05, 3.63) is 88.8 Å². The van der Waals surface area contributed by atoms with Gasteiger partial charge in [-0.2, -0.15) is 0 Å². The monoisotopic (exact) mass is 336 g/mol. The lowest BCUT2D eigenvalue weighted by Gasteiger charge is -2.10. The lowest BCUT2D eigenvalue weighted by atomic mass is 10.2. The second-order valence-corrected chi connectivity index (χ2v) is 5.59. The van der Waals surface area contributed by atoms with E-state index in [4.69, 9.17) is 15.2 Å². The Labute approximate surface area is 146 Å². The molecule has 0 radical (unpaired) electrons. The summed E-state index contributed by atoms with van der Waals surface area (Å²) in [6.07, 6.45) is 1.62. The Bertz CT molecular complexity index is 858. The molecule has 0 saturated heterocycles. The van der Waals surface area contributed by atoms with Crippen molar-refractivity contribution in [2.45, 2.75) is 13.2 Å². The molecule has 25 heavy (non-hydrogen) atoms. The number of nitrogens with two attached hydrogens (primary N) is 1. The number of pyridine rings is 1. The van der Waals surface area contributed by atoms with Crippen LogP contribution in [0.5, 0.6) is 11.5 Å². The van der Waals surface area contributed by atoms with Gasteiger partial charge in [-0.25, -0.2) is 0 Å². The smallest absolute Gasteiger partial charge is 0.250 e. The van der Waals surface area contributed by atoms with Crippen molar-refractivity contribution >= 4 is 5.69 Å². The molecule has 0 amide bonds. The van der Waals surface area contributed by atoms with Gasteiger partial charge in [0, 0.05) is 18.0 Å². The zero-order valence-corrected chi connectivity index (χ0v) is 13.8. The first-order chi connectivity index (χ1) is 12.2. The standard InChI is InChI=1S/C20H20N2O3/c21-17-6-11-20(23)22(14-17)12-13-24-18-7-9-19(10-8-18)25-15-16-4-2-1-3-5-16/h1-11,14H,12-13,15,21H2. The number of hydrogen-bond donors (Lipinski definition) is 1. The van der Waals surface area contributed by atoms with E-state index < -0.39 is 0 Å². The maximum absolute atomic E-state index is 11.7. The van der Waals surface area contributed by atoms with Gasteiger partial charge in [0.2, 0.25) is 0 Å². The van der Waals surface area contributed by atoms with Crippen LogP contribution in [-0.2, 0) is 13.2 Å². The molecule has 0 saturated carbocycles. The lowest BCUT2D eigenvalue weighted by Crippen LogP contribution is -2.22. The number of hydrogen-bond acceptors (Lipinski definition) is 4. The summed E-state index contributed by atoms with van der Waals surface area (Å²) >= 11 is 0. The van der Waals surface area contributed by atoms with Crippen molar-refractivity contribution in [2.24, 2.45) is 0 Å². The van der Waals surface area contributed by atoms with Crippen LogP contribution < -0.4 is 20.8 Å². The molecule has 1 heterocycles. The van der Waals surface area contributed by atoms with E-state index in [0.717, 1.165) is 17.1 Å². The van der Waals surface area contributed by atoms with Crippen LogP contribution in [0.2, 0.25) is 0 Å². The summed E-state index contributed by atoms with van der Waals surface area (Å²) in [5, 5.41) is 0. The van der Waals surface area contributed by atoms with Gasteiger partial charge in [0.25, 0.3) is 5.56 Å². The maximum atomic E-state index is 11.7. The van der Waals surface area contributed by atoms with E-state index in [1.807, 2.05) is 54.6 Å². The van der Waals surface area contributed by atoms with Gasteiger partial charge >= 0.3 is 0 Å². The molecule has 0 unspecified atom stereocenters. The van der Waals surface area contributed by atoms with E-state index >= 15 is 0 Å². The summed E-state index contributed by atoms with van der Waals surface area (Å²) in [5.41, 5.74) is 7.26. The Hall–Kier alpha value is -3.21. The number of benzene rings is 2. The molecule has 0 bridgehead atoms. The van der Waals surface area contributed by atoms with Gasteiger partial charge in [-0.05, 0) is 35.9 Å². The van der Waals surface area contributed by atoms with Gasteiger partial charge in [-0.15, -0.1) is 0 Å². The van der Waals surface area contributed by atoms with Crippen molar-refractivity contribution < 1.29 is 9.47 Å². The van der Waals surface area contributed by atoms with Crippen LogP contribution in [0.3, 0.4) is 0 Å². The van der Waals surface area contributed by atoms with Gasteiger partial charge in [-0.3, -0.25) is 4.79 Å². The van der Waals surface area contributed by atoms with Crippen molar-refractivity contribution in [3.8, 4) is 11.5 Å². The normalized spacial score (nSPS) is 10.4. The molecule has 128 valence electrons. The third-order valence-electron chi connectivity index (χ3n) is 3.68. The fourth-order valence-corrected chi connectivity index (χ4v) is 2.36. The number of anilines is 1. The van der Waals surface area contributed by atoms with Crippen LogP contribution in [0, 0.1) is 0 Å². The molecule has 3 rings (SSSR count). The maximum Gasteiger partial charge on any atom is 0.250 e. The van der Waals surface area contributed by atoms with E-state index in [1.165, 1.54) is 10.6 Å². The highest BCUT2D eigenvalue weighted by Crippen LogP contribution is 2.18. The Morgan fingerprint density at radius 1 is 0.840 bits per heavy atom. The molecule has 5 heteroatoms. The lowest BCUT2D eigenvalue weighted by molar-refractivity contribution is 0.291. The van der Waals surface area contributed by atoms with Crippen LogP contribution in [-0.4, -0.2) is 11.2 Å². The Morgan fingerprint density at radius 2 is 1.52 bits per heavy atom. The van der Waals surface area contributed by atoms with E-state index in [2.05, 4.69) is 0 Å². The average Bonchev–Trinajstić information content (AvgIpc) is 2.65. The van der Waals surface area contributed by atoms with Gasteiger partial charge in [-0.1, -0.05) is 30.3 Å². The average molecular weight is 336 g/mol. The zero-order chi connectivity index (χ0) is 17.5. The van der Waals surface area contributed by atoms with E-state index in [0.29, 0.717) is 25.4 Å². The topological polar surface area (TPSA) is 66.5 Å². The second-order valence-electron chi connectivity index (χ2n) is 5.59. The first-order valence-electron chi connectivity index (χ1n) is 8.06. The molecule has 5 nitrogen and oxygen atoms in total. The predicted octanol–water partition coefficient (Wildman–Crippen LogP) is 3.09. The van der Waals surface area contributed by atoms with E-state index in [1.54, 1.807) is 12.3 Å². The largest absolute Gasteiger partial charge is 0.492 e. The first kappa shape index (κ1) is 16.6. The minimum absolute atomic E-state index is 0.0949. The molecule has 0 fully saturated rings. The van der Waals surface area contributed by atoms with Crippen LogP contribution in [0.25, 0.3) is 0 Å². The van der Waals surface area contributed by atoms with Crippen LogP contribution in [0.1, 0.15) is 5.56 Å². The third-order valence-corrected chi connectivity index (χ3v) is 3.68. The minimum atomic E-state index is -0.0949. The molecule has 0 aliphatic heterocycles. The predicted molar refractivity (Wildman–Crippen MR) is 97.8 cm³/mol. The van der Waals surface area contributed by atoms with Crippen LogP contribution in [0.15, 0.2) is 77.7 Å². The Balaban J connectivity index is 1.49. The Kier molecular flexibility index (Phi) is 5.36. The molecular formula is C20H20N2O3. The first-order valence-corrected chi connectivity index (χ1v) is 8.06. The van der Waals surface area contributed by atoms with Crippen molar-refractivity contribution in [1.82, 2.24) is 4.57 Å². The summed E-state index contributed by atoms with van der Waals surface area (Å²) < 4.78 is 12.9. The van der Waals surface area contributed by atoms with Crippen molar-refractivity contribution in [2.75, 3.05) is 12.3 Å². The highest BCUT2D eigenvalue weighted by molar-refractivity contribution is 5.33. The summed E-state index contributed by atoms with van der Waals surface area (Å²) in [6.45, 7) is 1.35. The van der Waals surface area contributed by atoms with E-state index in [-0.39, 0.29) is 5.56 Å². The van der Waals surface area contributed by atoms with Crippen molar-refractivity contribution in [1.29, 1.82) is 0 Å². The minimum Gasteiger partial charge on any atom is -0.492 e. The summed E-state index contributed by atoms with van der Waals surface area (Å²) in [5.74, 6) is 1.51. The van der Waals surface area contributed by atoms with Gasteiger partial charge in [0.05, 0.1) is 6.54 Å². The molecule has 0 atom stereocenters. The van der Waals surface area contributed by atoms with E-state index in [9.17, 15) is 4.79 Å². The molecular weight excluding hydrogens is 316 g/mol. The molecule has 2 aromatic carbocycles. The quantitative estimate of drug-likeness (QED) is 0.720. The summed E-state index contributed by atoms with van der Waals surface area (Å²) in [4.78, 5) is 11.7. The molecule has 0 aliphatic carbocycles. The SMILES string of the molecule is Nc1ccc(=O)n(CCOc2ccc(OCc3ccccc3)cc2)c1. The Morgan fingerprint density at radius 3 is 2.24 bits per heavy atom. The number of nitrogen functional groups attached to an aromatic ring is 1. The van der Waals surface area contributed by atoms with Gasteiger partial charge in [0.1, 0.15) is 24.7 Å². The molecule has 0 spiro atoms. The summed E-state index contributed by atoms with van der Waals surface area (Å²) in [6, 6.07) is 20.5. The molecule has 0 aliphatic rings. The third kappa shape index (κ3) is 4.88. The number of rotatable bonds is 7. The van der Waals surface area contributed by atoms with Gasteiger partial charge < -0.3 is 19.8 Å². The second kappa shape index (κ2) is 8.06. The number of ether oxygens (including phenoxy) is 2. The van der Waals surface area contributed by atoms with Crippen LogP contribution >= 0.6 is 0 Å². The fraction of sp³-hybridized carbons (Fsp3) is 0.150. The van der Waals surface area contributed by atoms with Crippen molar-refractivity contribution in [3.63, 3.8) is 0 Å². The number of nitrogens with zero attached hydrogens (tertiary/aromatic N) is 1. The number of aromatic nitrogens is 1. The van der Waals surface area contributed by atoms with Gasteiger partial charge in [0.15, 0.2) is 0 Å². The fourth-order valence-electron chi connectivity index (χ4n) is 2.36. The molecule has 1 aromatic heterocycles. The molecule has 3 aromatic rings.